The van der Waals surface area contributed by atoms with E-state index in [1.165, 1.54) is 0 Å². The van der Waals surface area contributed by atoms with Gasteiger partial charge >= 0.3 is 0 Å². The molecule has 0 saturated carbocycles. The molecule has 1 atom stereocenters. The number of hydrogen-bond donors (Lipinski definition) is 1. The monoisotopic (exact) mass is 365 g/mol. The maximum absolute atomic E-state index is 12.5. The van der Waals surface area contributed by atoms with Crippen LogP contribution in [0.15, 0.2) is 48.5 Å². The van der Waals surface area contributed by atoms with Crippen molar-refractivity contribution in [3.05, 3.63) is 59.7 Å². The first-order valence-electron chi connectivity index (χ1n) is 9.23. The summed E-state index contributed by atoms with van der Waals surface area (Å²) in [5.74, 6) is 0.701. The van der Waals surface area contributed by atoms with Gasteiger partial charge < -0.3 is 15.0 Å². The van der Waals surface area contributed by atoms with Crippen molar-refractivity contribution < 1.29 is 14.3 Å². The maximum Gasteiger partial charge on any atom is 0.265 e. The Hall–Kier alpha value is -2.86. The minimum atomic E-state index is -0.473. The van der Waals surface area contributed by atoms with Crippen molar-refractivity contribution in [3.63, 3.8) is 0 Å². The Balaban J connectivity index is 1.37. The lowest BCUT2D eigenvalue weighted by molar-refractivity contribution is -0.136. The van der Waals surface area contributed by atoms with Gasteiger partial charge in [0, 0.05) is 26.2 Å². The van der Waals surface area contributed by atoms with Crippen molar-refractivity contribution in [1.82, 2.24) is 9.80 Å². The Morgan fingerprint density at radius 3 is 2.63 bits per heavy atom. The first-order valence-corrected chi connectivity index (χ1v) is 9.23. The predicted octanol–water partition coefficient (Wildman–Crippen LogP) is 2.25. The predicted molar refractivity (Wildman–Crippen MR) is 102 cm³/mol. The van der Waals surface area contributed by atoms with Crippen molar-refractivity contribution in [3.8, 4) is 5.75 Å². The zero-order valence-corrected chi connectivity index (χ0v) is 15.4. The summed E-state index contributed by atoms with van der Waals surface area (Å²) in [6, 6.07) is 15.9. The summed E-state index contributed by atoms with van der Waals surface area (Å²) in [5, 5.41) is 2.87. The summed E-state index contributed by atoms with van der Waals surface area (Å²) in [6.45, 7) is 5.01. The molecule has 0 aromatic heterocycles. The Kier molecular flexibility index (Phi) is 4.81. The smallest absolute Gasteiger partial charge is 0.265 e. The number of piperazine rings is 1. The van der Waals surface area contributed by atoms with E-state index in [0.717, 1.165) is 24.2 Å². The van der Waals surface area contributed by atoms with Crippen LogP contribution in [-0.2, 0) is 22.7 Å². The second-order valence-corrected chi connectivity index (χ2v) is 7.09. The minimum absolute atomic E-state index is 0.135. The second kappa shape index (κ2) is 7.40. The van der Waals surface area contributed by atoms with E-state index in [-0.39, 0.29) is 11.8 Å². The summed E-state index contributed by atoms with van der Waals surface area (Å²) in [4.78, 5) is 28.4. The molecule has 2 amide bonds. The van der Waals surface area contributed by atoms with Crippen molar-refractivity contribution >= 4 is 17.5 Å². The molecule has 1 saturated heterocycles. The fraction of sp³-hybridized carbons (Fsp3) is 0.333. The van der Waals surface area contributed by atoms with E-state index in [0.29, 0.717) is 31.1 Å². The highest BCUT2D eigenvalue weighted by molar-refractivity contribution is 5.97. The lowest BCUT2D eigenvalue weighted by Crippen LogP contribution is -2.49. The number of carbonyl (C=O) groups is 2. The third-order valence-corrected chi connectivity index (χ3v) is 4.99. The molecule has 1 N–H and O–H groups in total. The standard InChI is InChI=1S/C21H23N3O3/c1-15-21(26)22-18-11-17(7-8-19(18)27-15)12-23-9-10-24(20(25)14-23)13-16-5-3-2-4-6-16/h2-8,11,15H,9-10,12-14H2,1H3,(H,22,26). The van der Waals surface area contributed by atoms with Crippen LogP contribution >= 0.6 is 0 Å². The zero-order chi connectivity index (χ0) is 18.8. The Bertz CT molecular complexity index is 853. The van der Waals surface area contributed by atoms with E-state index in [1.807, 2.05) is 53.4 Å². The van der Waals surface area contributed by atoms with Gasteiger partial charge in [0.25, 0.3) is 5.91 Å². The largest absolute Gasteiger partial charge is 0.479 e. The lowest BCUT2D eigenvalue weighted by atomic mass is 10.1. The molecule has 6 nitrogen and oxygen atoms in total. The van der Waals surface area contributed by atoms with E-state index >= 15 is 0 Å². The number of anilines is 1. The van der Waals surface area contributed by atoms with Crippen LogP contribution in [0.3, 0.4) is 0 Å². The number of carbonyl (C=O) groups excluding carboxylic acids is 2. The van der Waals surface area contributed by atoms with Crippen molar-refractivity contribution in [2.45, 2.75) is 26.1 Å². The van der Waals surface area contributed by atoms with Crippen LogP contribution in [0.5, 0.6) is 5.75 Å². The van der Waals surface area contributed by atoms with Crippen LogP contribution in [0.4, 0.5) is 5.69 Å². The fourth-order valence-electron chi connectivity index (χ4n) is 3.48. The van der Waals surface area contributed by atoms with Crippen LogP contribution in [0.1, 0.15) is 18.1 Å². The van der Waals surface area contributed by atoms with Gasteiger partial charge in [0.15, 0.2) is 6.10 Å². The van der Waals surface area contributed by atoms with E-state index in [4.69, 9.17) is 4.74 Å². The number of ether oxygens (including phenoxy) is 1. The van der Waals surface area contributed by atoms with Crippen LogP contribution in [0.25, 0.3) is 0 Å². The highest BCUT2D eigenvalue weighted by Crippen LogP contribution is 2.30. The average molecular weight is 365 g/mol. The molecular formula is C21H23N3O3. The number of rotatable bonds is 4. The van der Waals surface area contributed by atoms with Crippen molar-refractivity contribution in [2.24, 2.45) is 0 Å². The fourth-order valence-corrected chi connectivity index (χ4v) is 3.48. The molecule has 140 valence electrons. The van der Waals surface area contributed by atoms with E-state index in [9.17, 15) is 9.59 Å². The van der Waals surface area contributed by atoms with Crippen molar-refractivity contribution in [2.75, 3.05) is 25.0 Å². The number of benzene rings is 2. The normalized spacial score (nSPS) is 20.0. The summed E-state index contributed by atoms with van der Waals surface area (Å²) >= 11 is 0. The molecule has 2 aliphatic heterocycles. The molecule has 1 fully saturated rings. The zero-order valence-electron chi connectivity index (χ0n) is 15.4. The molecule has 27 heavy (non-hydrogen) atoms. The topological polar surface area (TPSA) is 61.9 Å². The molecule has 0 radical (unpaired) electrons. The number of fused-ring (bicyclic) bond motifs is 1. The summed E-state index contributed by atoms with van der Waals surface area (Å²) in [7, 11) is 0. The molecule has 2 aromatic carbocycles. The highest BCUT2D eigenvalue weighted by Gasteiger charge is 2.26. The van der Waals surface area contributed by atoms with Crippen LogP contribution < -0.4 is 10.1 Å². The Morgan fingerprint density at radius 2 is 1.85 bits per heavy atom. The molecule has 0 bridgehead atoms. The van der Waals surface area contributed by atoms with Gasteiger partial charge in [-0.1, -0.05) is 36.4 Å². The number of hydrogen-bond acceptors (Lipinski definition) is 4. The van der Waals surface area contributed by atoms with Gasteiger partial charge in [-0.25, -0.2) is 0 Å². The van der Waals surface area contributed by atoms with Gasteiger partial charge in [-0.15, -0.1) is 0 Å². The second-order valence-electron chi connectivity index (χ2n) is 7.09. The number of nitrogens with zero attached hydrogens (tertiary/aromatic N) is 2. The third kappa shape index (κ3) is 3.95. The van der Waals surface area contributed by atoms with E-state index < -0.39 is 6.10 Å². The first kappa shape index (κ1) is 17.5. The Morgan fingerprint density at radius 1 is 1.04 bits per heavy atom. The van der Waals surface area contributed by atoms with Gasteiger partial charge in [0.05, 0.1) is 12.2 Å². The van der Waals surface area contributed by atoms with Gasteiger partial charge in [0.2, 0.25) is 5.91 Å². The van der Waals surface area contributed by atoms with Crippen LogP contribution in [-0.4, -0.2) is 47.4 Å². The molecule has 2 aliphatic rings. The third-order valence-electron chi connectivity index (χ3n) is 4.99. The number of amides is 2. The average Bonchev–Trinajstić information content (AvgIpc) is 2.66. The molecule has 2 heterocycles. The van der Waals surface area contributed by atoms with Gasteiger partial charge in [-0.05, 0) is 30.2 Å². The summed E-state index contributed by atoms with van der Waals surface area (Å²) < 4.78 is 5.59. The van der Waals surface area contributed by atoms with Crippen LogP contribution in [0, 0.1) is 0 Å². The minimum Gasteiger partial charge on any atom is -0.479 e. The first-order chi connectivity index (χ1) is 13.1. The van der Waals surface area contributed by atoms with E-state index in [2.05, 4.69) is 10.2 Å². The maximum atomic E-state index is 12.5. The molecule has 0 aliphatic carbocycles. The molecule has 2 aromatic rings. The lowest BCUT2D eigenvalue weighted by Gasteiger charge is -2.34. The van der Waals surface area contributed by atoms with Gasteiger partial charge in [-0.2, -0.15) is 0 Å². The molecule has 6 heteroatoms. The SMILES string of the molecule is CC1Oc2ccc(CN3CCN(Cc4ccccc4)C(=O)C3)cc2NC1=O. The summed E-state index contributed by atoms with van der Waals surface area (Å²) in [5.41, 5.74) is 2.90. The molecule has 0 spiro atoms. The Labute approximate surface area is 158 Å². The number of nitrogens with one attached hydrogen (secondary N) is 1. The van der Waals surface area contributed by atoms with Gasteiger partial charge in [-0.3, -0.25) is 14.5 Å². The van der Waals surface area contributed by atoms with Crippen molar-refractivity contribution in [1.29, 1.82) is 0 Å². The van der Waals surface area contributed by atoms with Crippen LogP contribution in [0.2, 0.25) is 0 Å². The highest BCUT2D eigenvalue weighted by atomic mass is 16.5. The molecule has 1 unspecified atom stereocenters. The van der Waals surface area contributed by atoms with Gasteiger partial charge in [0.1, 0.15) is 5.75 Å². The quantitative estimate of drug-likeness (QED) is 0.903. The molecular weight excluding hydrogens is 342 g/mol. The van der Waals surface area contributed by atoms with E-state index in [1.54, 1.807) is 6.92 Å². The summed E-state index contributed by atoms with van der Waals surface area (Å²) in [6.07, 6.45) is -0.473. The molecule has 4 rings (SSSR count).